The van der Waals surface area contributed by atoms with Gasteiger partial charge < -0.3 is 4.74 Å². The van der Waals surface area contributed by atoms with Crippen LogP contribution in [0.3, 0.4) is 0 Å². The van der Waals surface area contributed by atoms with Crippen molar-refractivity contribution in [2.24, 2.45) is 5.84 Å². The molecule has 0 saturated heterocycles. The molecule has 2 atom stereocenters. The lowest BCUT2D eigenvalue weighted by molar-refractivity contribution is 0.0654. The molecule has 0 fully saturated rings. The van der Waals surface area contributed by atoms with Crippen LogP contribution >= 0.6 is 0 Å². The fourth-order valence-electron chi connectivity index (χ4n) is 2.48. The van der Waals surface area contributed by atoms with Gasteiger partial charge in [-0.3, -0.25) is 16.3 Å². The molecule has 0 aliphatic rings. The Kier molecular flexibility index (Phi) is 4.85. The maximum absolute atomic E-state index is 5.67. The van der Waals surface area contributed by atoms with Gasteiger partial charge >= 0.3 is 0 Å². The molecule has 0 spiro atoms. The highest BCUT2D eigenvalue weighted by atomic mass is 16.5. The molecule has 4 heteroatoms. The van der Waals surface area contributed by atoms with E-state index in [1.165, 1.54) is 10.9 Å². The van der Waals surface area contributed by atoms with E-state index in [4.69, 9.17) is 10.6 Å². The minimum absolute atomic E-state index is 0.0980. The lowest BCUT2D eigenvalue weighted by Gasteiger charge is -2.24. The average molecular weight is 259 g/mol. The van der Waals surface area contributed by atoms with Gasteiger partial charge in [-0.15, -0.1) is 0 Å². The summed E-state index contributed by atoms with van der Waals surface area (Å²) in [6, 6.07) is 10.3. The zero-order valence-corrected chi connectivity index (χ0v) is 11.5. The molecular weight excluding hydrogens is 238 g/mol. The minimum Gasteiger partial charge on any atom is -0.380 e. The third kappa shape index (κ3) is 3.10. The summed E-state index contributed by atoms with van der Waals surface area (Å²) in [5.41, 5.74) is 5.13. The van der Waals surface area contributed by atoms with Crippen molar-refractivity contribution in [3.63, 3.8) is 0 Å². The highest BCUT2D eigenvalue weighted by Crippen LogP contribution is 2.19. The van der Waals surface area contributed by atoms with E-state index >= 15 is 0 Å². The van der Waals surface area contributed by atoms with E-state index in [2.05, 4.69) is 29.5 Å². The molecule has 102 valence electrons. The van der Waals surface area contributed by atoms with Crippen molar-refractivity contribution in [2.75, 3.05) is 7.11 Å². The Morgan fingerprint density at radius 1 is 1.32 bits per heavy atom. The molecule has 1 heterocycles. The van der Waals surface area contributed by atoms with Gasteiger partial charge in [-0.25, -0.2) is 0 Å². The SMILES string of the molecule is CCC(OC)C(Cc1ccnc2ccccc12)NN. The van der Waals surface area contributed by atoms with E-state index in [-0.39, 0.29) is 12.1 Å². The summed E-state index contributed by atoms with van der Waals surface area (Å²) < 4.78 is 5.48. The number of benzene rings is 1. The zero-order valence-electron chi connectivity index (χ0n) is 11.5. The van der Waals surface area contributed by atoms with Crippen LogP contribution < -0.4 is 11.3 Å². The Morgan fingerprint density at radius 2 is 2.11 bits per heavy atom. The van der Waals surface area contributed by atoms with Gasteiger partial charge in [-0.2, -0.15) is 0 Å². The number of methoxy groups -OCH3 is 1. The van der Waals surface area contributed by atoms with E-state index in [9.17, 15) is 0 Å². The van der Waals surface area contributed by atoms with Crippen molar-refractivity contribution >= 4 is 10.9 Å². The topological polar surface area (TPSA) is 60.2 Å². The van der Waals surface area contributed by atoms with Crippen LogP contribution in [0.1, 0.15) is 18.9 Å². The molecule has 2 rings (SSSR count). The van der Waals surface area contributed by atoms with Gasteiger partial charge in [0.25, 0.3) is 0 Å². The first kappa shape index (κ1) is 13.9. The molecular formula is C15H21N3O. The molecule has 0 radical (unpaired) electrons. The van der Waals surface area contributed by atoms with Gasteiger partial charge in [0, 0.05) is 18.7 Å². The maximum Gasteiger partial charge on any atom is 0.0738 e. The smallest absolute Gasteiger partial charge is 0.0738 e. The van der Waals surface area contributed by atoms with Crippen LogP contribution in [-0.4, -0.2) is 24.2 Å². The van der Waals surface area contributed by atoms with Crippen LogP contribution in [0, 0.1) is 0 Å². The van der Waals surface area contributed by atoms with Crippen LogP contribution in [0.15, 0.2) is 36.5 Å². The second kappa shape index (κ2) is 6.61. The normalized spacial score (nSPS) is 14.5. The summed E-state index contributed by atoms with van der Waals surface area (Å²) in [4.78, 5) is 4.38. The van der Waals surface area contributed by atoms with Crippen molar-refractivity contribution < 1.29 is 4.74 Å². The zero-order chi connectivity index (χ0) is 13.7. The monoisotopic (exact) mass is 259 g/mol. The van der Waals surface area contributed by atoms with Gasteiger partial charge in [0.15, 0.2) is 0 Å². The highest BCUT2D eigenvalue weighted by Gasteiger charge is 2.19. The van der Waals surface area contributed by atoms with Gasteiger partial charge in [0.1, 0.15) is 0 Å². The van der Waals surface area contributed by atoms with Crippen molar-refractivity contribution in [3.8, 4) is 0 Å². The first-order valence-electron chi connectivity index (χ1n) is 6.61. The third-order valence-electron chi connectivity index (χ3n) is 3.55. The Balaban J connectivity index is 2.29. The van der Waals surface area contributed by atoms with Gasteiger partial charge in [-0.1, -0.05) is 25.1 Å². The van der Waals surface area contributed by atoms with Gasteiger partial charge in [0.05, 0.1) is 17.7 Å². The van der Waals surface area contributed by atoms with Crippen molar-refractivity contribution in [2.45, 2.75) is 31.9 Å². The van der Waals surface area contributed by atoms with E-state index in [0.717, 1.165) is 18.4 Å². The number of hydrogen-bond donors (Lipinski definition) is 2. The first-order chi connectivity index (χ1) is 9.30. The third-order valence-corrected chi connectivity index (χ3v) is 3.55. The molecule has 1 aromatic carbocycles. The summed E-state index contributed by atoms with van der Waals surface area (Å²) in [6.45, 7) is 2.10. The molecule has 3 N–H and O–H groups in total. The molecule has 0 aliphatic carbocycles. The molecule has 4 nitrogen and oxygen atoms in total. The standard InChI is InChI=1S/C15H21N3O/c1-3-15(19-2)14(18-16)10-11-8-9-17-13-7-5-4-6-12(11)13/h4-9,14-15,18H,3,10,16H2,1-2H3. The van der Waals surface area contributed by atoms with Crippen molar-refractivity contribution in [1.29, 1.82) is 0 Å². The Morgan fingerprint density at radius 3 is 2.79 bits per heavy atom. The number of nitrogens with one attached hydrogen (secondary N) is 1. The second-order valence-corrected chi connectivity index (χ2v) is 4.65. The van der Waals surface area contributed by atoms with Crippen molar-refractivity contribution in [3.05, 3.63) is 42.1 Å². The number of ether oxygens (including phenoxy) is 1. The summed E-state index contributed by atoms with van der Waals surface area (Å²) in [5.74, 6) is 5.67. The predicted octanol–water partition coefficient (Wildman–Crippen LogP) is 2.03. The van der Waals surface area contributed by atoms with Gasteiger partial charge in [-0.05, 0) is 30.5 Å². The summed E-state index contributed by atoms with van der Waals surface area (Å²) in [5, 5.41) is 1.18. The van der Waals surface area contributed by atoms with Crippen LogP contribution in [-0.2, 0) is 11.2 Å². The number of para-hydroxylation sites is 1. The Bertz CT molecular complexity index is 520. The molecule has 0 saturated carbocycles. The highest BCUT2D eigenvalue weighted by molar-refractivity contribution is 5.81. The second-order valence-electron chi connectivity index (χ2n) is 4.65. The molecule has 0 bridgehead atoms. The molecule has 1 aromatic heterocycles. The lowest BCUT2D eigenvalue weighted by Crippen LogP contribution is -2.46. The van der Waals surface area contributed by atoms with Crippen LogP contribution in [0.5, 0.6) is 0 Å². The molecule has 0 amide bonds. The minimum atomic E-state index is 0.0980. The van der Waals surface area contributed by atoms with E-state index in [1.54, 1.807) is 7.11 Å². The maximum atomic E-state index is 5.67. The number of aromatic nitrogens is 1. The van der Waals surface area contributed by atoms with E-state index in [0.29, 0.717) is 0 Å². The predicted molar refractivity (Wildman–Crippen MR) is 77.6 cm³/mol. The molecule has 2 unspecified atom stereocenters. The molecule has 2 aromatic rings. The largest absolute Gasteiger partial charge is 0.380 e. The van der Waals surface area contributed by atoms with E-state index in [1.807, 2.05) is 24.4 Å². The van der Waals surface area contributed by atoms with Crippen LogP contribution in [0.4, 0.5) is 0 Å². The molecule has 19 heavy (non-hydrogen) atoms. The molecule has 0 aliphatic heterocycles. The fourth-order valence-corrected chi connectivity index (χ4v) is 2.48. The average Bonchev–Trinajstić information content (AvgIpc) is 2.47. The number of rotatable bonds is 6. The number of pyridine rings is 1. The summed E-state index contributed by atoms with van der Waals surface area (Å²) in [7, 11) is 1.73. The Hall–Kier alpha value is -1.49. The quantitative estimate of drug-likeness (QED) is 0.615. The number of nitrogens with two attached hydrogens (primary N) is 1. The van der Waals surface area contributed by atoms with Crippen molar-refractivity contribution in [1.82, 2.24) is 10.4 Å². The number of fused-ring (bicyclic) bond motifs is 1. The first-order valence-corrected chi connectivity index (χ1v) is 6.61. The number of nitrogens with zero attached hydrogens (tertiary/aromatic N) is 1. The van der Waals surface area contributed by atoms with Crippen LogP contribution in [0.25, 0.3) is 10.9 Å². The van der Waals surface area contributed by atoms with E-state index < -0.39 is 0 Å². The fraction of sp³-hybridized carbons (Fsp3) is 0.400. The number of hydrogen-bond acceptors (Lipinski definition) is 4. The number of hydrazine groups is 1. The summed E-state index contributed by atoms with van der Waals surface area (Å²) >= 11 is 0. The Labute approximate surface area is 113 Å². The lowest BCUT2D eigenvalue weighted by atomic mass is 9.97. The van der Waals surface area contributed by atoms with Crippen LogP contribution in [0.2, 0.25) is 0 Å². The van der Waals surface area contributed by atoms with Gasteiger partial charge in [0.2, 0.25) is 0 Å². The summed E-state index contributed by atoms with van der Waals surface area (Å²) in [6.07, 6.45) is 3.70.